The van der Waals surface area contributed by atoms with Crippen LogP contribution in [0.4, 0.5) is 5.69 Å². The maximum atomic E-state index is 12.0. The molecule has 0 aliphatic rings. The summed E-state index contributed by atoms with van der Waals surface area (Å²) in [5.74, 6) is -1.51. The van der Waals surface area contributed by atoms with Gasteiger partial charge in [-0.2, -0.15) is 0 Å². The Morgan fingerprint density at radius 3 is 2.50 bits per heavy atom. The van der Waals surface area contributed by atoms with E-state index in [0.29, 0.717) is 11.3 Å². The molecule has 4 N–H and O–H groups in total. The molecular weight excluding hydrogens is 334 g/mol. The molecule has 0 radical (unpaired) electrons. The minimum absolute atomic E-state index is 0.0740. The van der Waals surface area contributed by atoms with E-state index in [1.165, 1.54) is 12.1 Å². The summed E-state index contributed by atoms with van der Waals surface area (Å²) in [4.78, 5) is 37.9. The first-order valence-corrected chi connectivity index (χ1v) is 7.93. The normalized spacial score (nSPS) is 10.5. The van der Waals surface area contributed by atoms with Gasteiger partial charge in [-0.25, -0.2) is 0 Å². The summed E-state index contributed by atoms with van der Waals surface area (Å²) in [5, 5.41) is 3.53. The van der Waals surface area contributed by atoms with Gasteiger partial charge in [-0.1, -0.05) is 18.2 Å². The summed E-state index contributed by atoms with van der Waals surface area (Å²) < 4.78 is 5.02. The molecule has 0 saturated heterocycles. The molecule has 0 fully saturated rings. The van der Waals surface area contributed by atoms with Crippen LogP contribution in [0.2, 0.25) is 0 Å². The molecule has 0 atom stereocenters. The van der Waals surface area contributed by atoms with Crippen molar-refractivity contribution in [1.82, 2.24) is 4.98 Å². The molecule has 0 spiro atoms. The number of fused-ring (bicyclic) bond motifs is 1. The number of carbonyl (C=O) groups is 3. The van der Waals surface area contributed by atoms with Gasteiger partial charge in [0, 0.05) is 28.4 Å². The molecule has 0 aliphatic heterocycles. The predicted molar refractivity (Wildman–Crippen MR) is 96.6 cm³/mol. The van der Waals surface area contributed by atoms with Crippen molar-refractivity contribution in [3.8, 4) is 0 Å². The average molecular weight is 351 g/mol. The quantitative estimate of drug-likeness (QED) is 0.589. The summed E-state index contributed by atoms with van der Waals surface area (Å²) in [6, 6.07) is 13.7. The molecule has 7 heteroatoms. The average Bonchev–Trinajstić information content (AvgIpc) is 3.03. The van der Waals surface area contributed by atoms with E-state index in [9.17, 15) is 14.4 Å². The van der Waals surface area contributed by atoms with Gasteiger partial charge in [0.2, 0.25) is 5.91 Å². The molecule has 0 aliphatic carbocycles. The first kappa shape index (κ1) is 17.2. The lowest BCUT2D eigenvalue weighted by molar-refractivity contribution is -0.146. The second-order valence-electron chi connectivity index (χ2n) is 5.69. The summed E-state index contributed by atoms with van der Waals surface area (Å²) in [5.41, 5.74) is 7.72. The Morgan fingerprint density at radius 2 is 1.77 bits per heavy atom. The molecule has 132 valence electrons. The molecular formula is C19H17N3O4. The number of aromatic nitrogens is 1. The zero-order valence-electron chi connectivity index (χ0n) is 13.8. The van der Waals surface area contributed by atoms with Gasteiger partial charge in [0.15, 0.2) is 6.61 Å². The molecule has 0 bridgehead atoms. The van der Waals surface area contributed by atoms with Gasteiger partial charge in [0.05, 0.1) is 6.42 Å². The molecule has 1 heterocycles. The molecule has 2 aromatic carbocycles. The van der Waals surface area contributed by atoms with Gasteiger partial charge >= 0.3 is 5.97 Å². The molecule has 0 unspecified atom stereocenters. The number of para-hydroxylation sites is 1. The third kappa shape index (κ3) is 4.07. The number of primary amides is 1. The van der Waals surface area contributed by atoms with Crippen LogP contribution in [-0.2, 0) is 20.7 Å². The monoisotopic (exact) mass is 351 g/mol. The molecule has 26 heavy (non-hydrogen) atoms. The van der Waals surface area contributed by atoms with E-state index < -0.39 is 24.4 Å². The van der Waals surface area contributed by atoms with Gasteiger partial charge < -0.3 is 20.8 Å². The van der Waals surface area contributed by atoms with Crippen molar-refractivity contribution in [1.29, 1.82) is 0 Å². The van der Waals surface area contributed by atoms with Crippen LogP contribution in [0.25, 0.3) is 10.9 Å². The van der Waals surface area contributed by atoms with Crippen molar-refractivity contribution in [2.45, 2.75) is 6.42 Å². The highest BCUT2D eigenvalue weighted by Crippen LogP contribution is 2.18. The second kappa shape index (κ2) is 7.52. The van der Waals surface area contributed by atoms with E-state index in [1.807, 2.05) is 24.3 Å². The van der Waals surface area contributed by atoms with Crippen LogP contribution in [0.5, 0.6) is 0 Å². The Hall–Kier alpha value is -3.61. The number of hydrogen-bond donors (Lipinski definition) is 3. The number of nitrogens with two attached hydrogens (primary N) is 1. The second-order valence-corrected chi connectivity index (χ2v) is 5.69. The topological polar surface area (TPSA) is 114 Å². The highest BCUT2D eigenvalue weighted by atomic mass is 16.5. The fraction of sp³-hybridized carbons (Fsp3) is 0.105. The number of benzene rings is 2. The molecule has 2 amide bonds. The maximum absolute atomic E-state index is 12.0. The number of hydrogen-bond acceptors (Lipinski definition) is 4. The number of rotatable bonds is 6. The van der Waals surface area contributed by atoms with Crippen molar-refractivity contribution in [2.75, 3.05) is 11.9 Å². The zero-order valence-corrected chi connectivity index (χ0v) is 13.8. The number of carbonyl (C=O) groups excluding carboxylic acids is 3. The van der Waals surface area contributed by atoms with E-state index >= 15 is 0 Å². The van der Waals surface area contributed by atoms with Gasteiger partial charge in [-0.05, 0) is 35.9 Å². The minimum Gasteiger partial charge on any atom is -0.455 e. The number of amides is 2. The highest BCUT2D eigenvalue weighted by molar-refractivity contribution is 5.95. The lowest BCUT2D eigenvalue weighted by Crippen LogP contribution is -2.21. The van der Waals surface area contributed by atoms with Crippen LogP contribution in [0.1, 0.15) is 15.9 Å². The highest BCUT2D eigenvalue weighted by Gasteiger charge is 2.12. The first-order chi connectivity index (χ1) is 12.5. The van der Waals surface area contributed by atoms with Crippen LogP contribution in [0, 0.1) is 0 Å². The molecule has 1 aromatic heterocycles. The van der Waals surface area contributed by atoms with Gasteiger partial charge in [0.25, 0.3) is 5.91 Å². The fourth-order valence-corrected chi connectivity index (χ4v) is 2.55. The minimum atomic E-state index is -0.547. The van der Waals surface area contributed by atoms with Crippen LogP contribution in [0.3, 0.4) is 0 Å². The summed E-state index contributed by atoms with van der Waals surface area (Å²) in [7, 11) is 0. The maximum Gasteiger partial charge on any atom is 0.310 e. The van der Waals surface area contributed by atoms with E-state index in [2.05, 4.69) is 10.3 Å². The van der Waals surface area contributed by atoms with Crippen LogP contribution < -0.4 is 11.1 Å². The summed E-state index contributed by atoms with van der Waals surface area (Å²) in [6.45, 7) is -0.390. The third-order valence-electron chi connectivity index (χ3n) is 3.83. The summed E-state index contributed by atoms with van der Waals surface area (Å²) >= 11 is 0. The number of ether oxygens (including phenoxy) is 1. The standard InChI is InChI=1S/C19H17N3O4/c20-19(25)12-5-7-14(8-6-12)22-17(23)11-26-18(24)9-13-10-21-16-4-2-1-3-15(13)16/h1-8,10,21H,9,11H2,(H2,20,25)(H,22,23). The first-order valence-electron chi connectivity index (χ1n) is 7.93. The Balaban J connectivity index is 1.51. The molecule has 3 rings (SSSR count). The van der Waals surface area contributed by atoms with E-state index in [1.54, 1.807) is 18.3 Å². The Labute approximate surface area is 149 Å². The predicted octanol–water partition coefficient (Wildman–Crippen LogP) is 1.99. The number of anilines is 1. The van der Waals surface area contributed by atoms with E-state index in [0.717, 1.165) is 16.5 Å². The van der Waals surface area contributed by atoms with Crippen LogP contribution in [0.15, 0.2) is 54.7 Å². The number of aromatic amines is 1. The molecule has 7 nitrogen and oxygen atoms in total. The van der Waals surface area contributed by atoms with Crippen molar-refractivity contribution >= 4 is 34.4 Å². The lowest BCUT2D eigenvalue weighted by atomic mass is 10.1. The Morgan fingerprint density at radius 1 is 1.04 bits per heavy atom. The van der Waals surface area contributed by atoms with Crippen molar-refractivity contribution < 1.29 is 19.1 Å². The largest absolute Gasteiger partial charge is 0.455 e. The van der Waals surface area contributed by atoms with Crippen LogP contribution in [-0.4, -0.2) is 29.4 Å². The number of H-pyrrole nitrogens is 1. The smallest absolute Gasteiger partial charge is 0.310 e. The van der Waals surface area contributed by atoms with Gasteiger partial charge in [-0.15, -0.1) is 0 Å². The van der Waals surface area contributed by atoms with Gasteiger partial charge in [-0.3, -0.25) is 14.4 Å². The lowest BCUT2D eigenvalue weighted by Gasteiger charge is -2.07. The van der Waals surface area contributed by atoms with Crippen molar-refractivity contribution in [3.05, 3.63) is 65.9 Å². The van der Waals surface area contributed by atoms with Crippen molar-refractivity contribution in [2.24, 2.45) is 5.73 Å². The third-order valence-corrected chi connectivity index (χ3v) is 3.83. The van der Waals surface area contributed by atoms with Gasteiger partial charge in [0.1, 0.15) is 0 Å². The zero-order chi connectivity index (χ0) is 18.5. The fourth-order valence-electron chi connectivity index (χ4n) is 2.55. The SMILES string of the molecule is NC(=O)c1ccc(NC(=O)COC(=O)Cc2c[nH]c3ccccc23)cc1. The Bertz CT molecular complexity index is 960. The Kier molecular flexibility index (Phi) is 4.98. The van der Waals surface area contributed by atoms with Crippen LogP contribution >= 0.6 is 0 Å². The molecule has 0 saturated carbocycles. The molecule has 3 aromatic rings. The summed E-state index contributed by atoms with van der Waals surface area (Å²) in [6.07, 6.45) is 1.83. The number of esters is 1. The van der Waals surface area contributed by atoms with E-state index in [-0.39, 0.29) is 6.42 Å². The van der Waals surface area contributed by atoms with Crippen molar-refractivity contribution in [3.63, 3.8) is 0 Å². The van der Waals surface area contributed by atoms with E-state index in [4.69, 9.17) is 10.5 Å². The number of nitrogens with one attached hydrogen (secondary N) is 2.